The molecule has 14 heavy (non-hydrogen) atoms. The van der Waals surface area contributed by atoms with Gasteiger partial charge in [-0.2, -0.15) is 0 Å². The molecule has 1 aromatic rings. The maximum Gasteiger partial charge on any atom is 0.126 e. The predicted octanol–water partition coefficient (Wildman–Crippen LogP) is 2.67. The number of hydrogen-bond donors (Lipinski definition) is 1. The minimum atomic E-state index is -0.0807. The van der Waals surface area contributed by atoms with Gasteiger partial charge in [0.1, 0.15) is 5.82 Å². The lowest BCUT2D eigenvalue weighted by Gasteiger charge is -2.42. The third kappa shape index (κ3) is 1.44. The number of nitrogens with two attached hydrogens (primary N) is 1. The highest BCUT2D eigenvalue weighted by Gasteiger charge is 2.39. The number of hydrogen-bond acceptors (Lipinski definition) is 1. The lowest BCUT2D eigenvalue weighted by Crippen LogP contribution is -2.45. The summed E-state index contributed by atoms with van der Waals surface area (Å²) in [4.78, 5) is 0. The largest absolute Gasteiger partial charge is 0.327 e. The van der Waals surface area contributed by atoms with Crippen molar-refractivity contribution in [2.75, 3.05) is 0 Å². The number of halogens is 1. The van der Waals surface area contributed by atoms with Crippen LogP contribution in [0.5, 0.6) is 0 Å². The first kappa shape index (κ1) is 9.66. The lowest BCUT2D eigenvalue weighted by atomic mass is 9.65. The first-order chi connectivity index (χ1) is 6.74. The van der Waals surface area contributed by atoms with E-state index < -0.39 is 0 Å². The van der Waals surface area contributed by atoms with E-state index in [2.05, 4.69) is 6.92 Å². The molecule has 76 valence electrons. The molecule has 0 aliphatic heterocycles. The summed E-state index contributed by atoms with van der Waals surface area (Å²) in [6.07, 6.45) is 1.97. The normalized spacial score (nSPS) is 31.2. The van der Waals surface area contributed by atoms with E-state index in [4.69, 9.17) is 5.73 Å². The van der Waals surface area contributed by atoms with Gasteiger partial charge in [-0.05, 0) is 29.9 Å². The van der Waals surface area contributed by atoms with E-state index in [1.807, 2.05) is 12.1 Å². The van der Waals surface area contributed by atoms with Crippen LogP contribution in [0.25, 0.3) is 0 Å². The SMILES string of the molecule is CCC1C(N)CC1c1ccccc1F. The van der Waals surface area contributed by atoms with Gasteiger partial charge in [-0.25, -0.2) is 4.39 Å². The third-order valence-electron chi connectivity index (χ3n) is 3.37. The van der Waals surface area contributed by atoms with E-state index >= 15 is 0 Å². The summed E-state index contributed by atoms with van der Waals surface area (Å²) in [7, 11) is 0. The van der Waals surface area contributed by atoms with Gasteiger partial charge in [-0.15, -0.1) is 0 Å². The highest BCUT2D eigenvalue weighted by Crippen LogP contribution is 2.44. The molecule has 1 nitrogen and oxygen atoms in total. The van der Waals surface area contributed by atoms with Gasteiger partial charge < -0.3 is 5.73 Å². The number of rotatable bonds is 2. The van der Waals surface area contributed by atoms with Crippen molar-refractivity contribution < 1.29 is 4.39 Å². The minimum Gasteiger partial charge on any atom is -0.327 e. The Balaban J connectivity index is 2.21. The van der Waals surface area contributed by atoms with E-state index in [-0.39, 0.29) is 11.9 Å². The molecule has 0 aromatic heterocycles. The van der Waals surface area contributed by atoms with Gasteiger partial charge >= 0.3 is 0 Å². The summed E-state index contributed by atoms with van der Waals surface area (Å²) in [5, 5.41) is 0. The van der Waals surface area contributed by atoms with Crippen LogP contribution in [0.1, 0.15) is 31.2 Å². The fraction of sp³-hybridized carbons (Fsp3) is 0.500. The van der Waals surface area contributed by atoms with Crippen LogP contribution in [-0.4, -0.2) is 6.04 Å². The maximum absolute atomic E-state index is 13.5. The second-order valence-corrected chi connectivity index (χ2v) is 4.10. The topological polar surface area (TPSA) is 26.0 Å². The molecule has 1 saturated carbocycles. The van der Waals surface area contributed by atoms with E-state index in [9.17, 15) is 4.39 Å². The van der Waals surface area contributed by atoms with E-state index in [0.717, 1.165) is 18.4 Å². The minimum absolute atomic E-state index is 0.0807. The summed E-state index contributed by atoms with van der Waals surface area (Å²) >= 11 is 0. The molecule has 0 heterocycles. The predicted molar refractivity (Wildman–Crippen MR) is 55.5 cm³/mol. The second-order valence-electron chi connectivity index (χ2n) is 4.10. The first-order valence-corrected chi connectivity index (χ1v) is 5.24. The molecule has 3 unspecified atom stereocenters. The van der Waals surface area contributed by atoms with E-state index in [0.29, 0.717) is 11.8 Å². The average Bonchev–Trinajstić information content (AvgIpc) is 2.16. The molecule has 0 radical (unpaired) electrons. The van der Waals surface area contributed by atoms with Crippen molar-refractivity contribution in [3.63, 3.8) is 0 Å². The van der Waals surface area contributed by atoms with Crippen LogP contribution in [-0.2, 0) is 0 Å². The van der Waals surface area contributed by atoms with Gasteiger partial charge in [0, 0.05) is 6.04 Å². The average molecular weight is 193 g/mol. The van der Waals surface area contributed by atoms with Crippen LogP contribution < -0.4 is 5.73 Å². The molecule has 0 spiro atoms. The molecule has 1 aliphatic rings. The Morgan fingerprint density at radius 1 is 1.43 bits per heavy atom. The summed E-state index contributed by atoms with van der Waals surface area (Å²) in [6.45, 7) is 2.12. The molecule has 0 bridgehead atoms. The molecule has 0 saturated heterocycles. The molecule has 1 fully saturated rings. The van der Waals surface area contributed by atoms with Crippen molar-refractivity contribution in [3.8, 4) is 0 Å². The van der Waals surface area contributed by atoms with Gasteiger partial charge in [-0.1, -0.05) is 31.5 Å². The second kappa shape index (κ2) is 3.70. The zero-order chi connectivity index (χ0) is 10.1. The Labute approximate surface area is 84.1 Å². The van der Waals surface area contributed by atoms with Crippen molar-refractivity contribution in [3.05, 3.63) is 35.6 Å². The number of benzene rings is 1. The monoisotopic (exact) mass is 193 g/mol. The van der Waals surface area contributed by atoms with Gasteiger partial charge in [-0.3, -0.25) is 0 Å². The zero-order valence-corrected chi connectivity index (χ0v) is 8.41. The standard InChI is InChI=1S/C12H16FN/c1-2-8-10(7-12(8)14)9-5-3-4-6-11(9)13/h3-6,8,10,12H,2,7,14H2,1H3. The van der Waals surface area contributed by atoms with Gasteiger partial charge in [0.05, 0.1) is 0 Å². The third-order valence-corrected chi connectivity index (χ3v) is 3.37. The Bertz CT molecular complexity index is 324. The van der Waals surface area contributed by atoms with Crippen molar-refractivity contribution in [1.82, 2.24) is 0 Å². The highest BCUT2D eigenvalue weighted by atomic mass is 19.1. The molecule has 0 amide bonds. The van der Waals surface area contributed by atoms with Crippen molar-refractivity contribution in [1.29, 1.82) is 0 Å². The Kier molecular flexibility index (Phi) is 2.55. The Morgan fingerprint density at radius 3 is 2.71 bits per heavy atom. The fourth-order valence-electron chi connectivity index (χ4n) is 2.47. The maximum atomic E-state index is 13.5. The molecule has 2 rings (SSSR count). The summed E-state index contributed by atoms with van der Waals surface area (Å²) in [5.74, 6) is 0.728. The van der Waals surface area contributed by atoms with Crippen LogP contribution in [0, 0.1) is 11.7 Å². The Hall–Kier alpha value is -0.890. The van der Waals surface area contributed by atoms with Crippen LogP contribution >= 0.6 is 0 Å². The molecule has 2 N–H and O–H groups in total. The van der Waals surface area contributed by atoms with E-state index in [1.54, 1.807) is 6.07 Å². The molecule has 3 atom stereocenters. The molecule has 1 aromatic carbocycles. The quantitative estimate of drug-likeness (QED) is 0.767. The van der Waals surface area contributed by atoms with Crippen LogP contribution in [0.3, 0.4) is 0 Å². The Morgan fingerprint density at radius 2 is 2.14 bits per heavy atom. The summed E-state index contributed by atoms with van der Waals surface area (Å²) in [6, 6.07) is 7.32. The van der Waals surface area contributed by atoms with Crippen LogP contribution in [0.2, 0.25) is 0 Å². The van der Waals surface area contributed by atoms with Gasteiger partial charge in [0.15, 0.2) is 0 Å². The summed E-state index contributed by atoms with van der Waals surface area (Å²) < 4.78 is 13.5. The molecule has 1 aliphatic carbocycles. The molecular weight excluding hydrogens is 177 g/mol. The smallest absolute Gasteiger partial charge is 0.126 e. The molecular formula is C12H16FN. The van der Waals surface area contributed by atoms with Gasteiger partial charge in [0.25, 0.3) is 0 Å². The first-order valence-electron chi connectivity index (χ1n) is 5.24. The van der Waals surface area contributed by atoms with Crippen molar-refractivity contribution in [2.45, 2.75) is 31.7 Å². The zero-order valence-electron chi connectivity index (χ0n) is 8.41. The van der Waals surface area contributed by atoms with Crippen LogP contribution in [0.15, 0.2) is 24.3 Å². The molecule has 2 heteroatoms. The lowest BCUT2D eigenvalue weighted by molar-refractivity contribution is 0.194. The van der Waals surface area contributed by atoms with E-state index in [1.165, 1.54) is 6.07 Å². The van der Waals surface area contributed by atoms with Crippen molar-refractivity contribution >= 4 is 0 Å². The van der Waals surface area contributed by atoms with Gasteiger partial charge in [0.2, 0.25) is 0 Å². The van der Waals surface area contributed by atoms with Crippen molar-refractivity contribution in [2.24, 2.45) is 11.7 Å². The fourth-order valence-corrected chi connectivity index (χ4v) is 2.47. The van der Waals surface area contributed by atoms with Crippen LogP contribution in [0.4, 0.5) is 4.39 Å². The highest BCUT2D eigenvalue weighted by molar-refractivity contribution is 5.26. The summed E-state index contributed by atoms with van der Waals surface area (Å²) in [5.41, 5.74) is 6.74.